The Labute approximate surface area is 193 Å². The van der Waals surface area contributed by atoms with Crippen molar-refractivity contribution in [3.63, 3.8) is 0 Å². The summed E-state index contributed by atoms with van der Waals surface area (Å²) in [7, 11) is 0. The number of aromatic nitrogens is 3. The molecule has 1 saturated heterocycles. The normalized spacial score (nSPS) is 15.5. The van der Waals surface area contributed by atoms with Crippen LogP contribution in [0.1, 0.15) is 6.92 Å². The van der Waals surface area contributed by atoms with Gasteiger partial charge in [0.2, 0.25) is 5.95 Å². The molecule has 0 radical (unpaired) electrons. The molecule has 5 rings (SSSR count). The van der Waals surface area contributed by atoms with Crippen molar-refractivity contribution in [3.05, 3.63) is 73.1 Å². The first-order chi connectivity index (χ1) is 16.2. The number of piperazine rings is 1. The smallest absolute Gasteiger partial charge is 0.227 e. The van der Waals surface area contributed by atoms with Crippen LogP contribution in [0.15, 0.2) is 73.1 Å². The highest BCUT2D eigenvalue weighted by Crippen LogP contribution is 2.26. The highest BCUT2D eigenvalue weighted by molar-refractivity contribution is 5.91. The van der Waals surface area contributed by atoms with Crippen LogP contribution in [-0.2, 0) is 0 Å². The minimum Gasteiger partial charge on any atom is -0.392 e. The summed E-state index contributed by atoms with van der Waals surface area (Å²) in [6.45, 7) is 6.44. The summed E-state index contributed by atoms with van der Waals surface area (Å²) in [4.78, 5) is 18.5. The molecule has 2 aromatic carbocycles. The fraction of sp³-hybridized carbons (Fsp3) is 0.269. The fourth-order valence-corrected chi connectivity index (χ4v) is 4.27. The zero-order chi connectivity index (χ0) is 22.6. The molecule has 0 amide bonds. The van der Waals surface area contributed by atoms with Crippen LogP contribution in [-0.4, -0.2) is 63.8 Å². The third-order valence-electron chi connectivity index (χ3n) is 5.93. The summed E-state index contributed by atoms with van der Waals surface area (Å²) in [5, 5.41) is 13.9. The van der Waals surface area contributed by atoms with Crippen molar-refractivity contribution >= 4 is 28.2 Å². The van der Waals surface area contributed by atoms with Crippen molar-refractivity contribution in [1.29, 1.82) is 0 Å². The van der Waals surface area contributed by atoms with E-state index < -0.39 is 0 Å². The number of hydrogen-bond acceptors (Lipinski definition) is 7. The molecule has 0 spiro atoms. The van der Waals surface area contributed by atoms with Gasteiger partial charge in [0.1, 0.15) is 5.52 Å². The lowest BCUT2D eigenvalue weighted by Gasteiger charge is -2.36. The van der Waals surface area contributed by atoms with Crippen molar-refractivity contribution < 1.29 is 5.11 Å². The second-order valence-corrected chi connectivity index (χ2v) is 8.47. The summed E-state index contributed by atoms with van der Waals surface area (Å²) >= 11 is 0. The Morgan fingerprint density at radius 3 is 2.42 bits per heavy atom. The van der Waals surface area contributed by atoms with Gasteiger partial charge in [-0.05, 0) is 37.3 Å². The molecule has 1 unspecified atom stereocenters. The maximum atomic E-state index is 9.59. The van der Waals surface area contributed by atoms with Gasteiger partial charge >= 0.3 is 0 Å². The van der Waals surface area contributed by atoms with Gasteiger partial charge in [0.05, 0.1) is 11.8 Å². The van der Waals surface area contributed by atoms with Gasteiger partial charge in [-0.25, -0.2) is 9.97 Å². The summed E-state index contributed by atoms with van der Waals surface area (Å²) < 4.78 is 0. The molecular weight excluding hydrogens is 412 g/mol. The van der Waals surface area contributed by atoms with Gasteiger partial charge < -0.3 is 15.3 Å². The molecule has 7 heteroatoms. The van der Waals surface area contributed by atoms with Crippen LogP contribution in [0.4, 0.5) is 17.3 Å². The number of aliphatic hydroxyl groups excluding tert-OH is 1. The first-order valence-electron chi connectivity index (χ1n) is 11.4. The summed E-state index contributed by atoms with van der Waals surface area (Å²) in [6, 6.07) is 20.4. The van der Waals surface area contributed by atoms with Gasteiger partial charge in [0.25, 0.3) is 0 Å². The van der Waals surface area contributed by atoms with E-state index in [1.807, 2.05) is 49.5 Å². The predicted octanol–water partition coefficient (Wildman–Crippen LogP) is 3.94. The van der Waals surface area contributed by atoms with E-state index in [1.165, 1.54) is 5.69 Å². The van der Waals surface area contributed by atoms with Gasteiger partial charge in [-0.2, -0.15) is 0 Å². The number of benzene rings is 2. The Balaban J connectivity index is 1.30. The molecule has 7 nitrogen and oxygen atoms in total. The molecule has 0 saturated carbocycles. The molecule has 0 aliphatic carbocycles. The lowest BCUT2D eigenvalue weighted by atomic mass is 10.1. The molecule has 1 aliphatic rings. The van der Waals surface area contributed by atoms with Gasteiger partial charge in [-0.15, -0.1) is 0 Å². The van der Waals surface area contributed by atoms with Crippen LogP contribution in [0.3, 0.4) is 0 Å². The zero-order valence-electron chi connectivity index (χ0n) is 18.7. The van der Waals surface area contributed by atoms with Crippen molar-refractivity contribution in [1.82, 2.24) is 19.9 Å². The monoisotopic (exact) mass is 440 g/mol. The minimum absolute atomic E-state index is 0.279. The van der Waals surface area contributed by atoms with E-state index in [-0.39, 0.29) is 6.10 Å². The second-order valence-electron chi connectivity index (χ2n) is 8.47. The van der Waals surface area contributed by atoms with Crippen LogP contribution in [0.2, 0.25) is 0 Å². The number of aliphatic hydroxyl groups is 1. The van der Waals surface area contributed by atoms with Crippen molar-refractivity contribution in [2.75, 3.05) is 42.9 Å². The molecule has 3 heterocycles. The average Bonchev–Trinajstić information content (AvgIpc) is 2.85. The van der Waals surface area contributed by atoms with E-state index in [4.69, 9.17) is 4.98 Å². The Hall–Kier alpha value is -3.55. The van der Waals surface area contributed by atoms with Gasteiger partial charge in [-0.1, -0.05) is 30.3 Å². The quantitative estimate of drug-likeness (QED) is 0.470. The maximum absolute atomic E-state index is 9.59. The van der Waals surface area contributed by atoms with Gasteiger partial charge in [-0.3, -0.25) is 9.88 Å². The zero-order valence-corrected chi connectivity index (χ0v) is 18.7. The van der Waals surface area contributed by atoms with E-state index in [1.54, 1.807) is 6.20 Å². The lowest BCUT2D eigenvalue weighted by molar-refractivity contribution is 0.123. The molecule has 168 valence electrons. The summed E-state index contributed by atoms with van der Waals surface area (Å²) in [5.41, 5.74) is 4.85. The van der Waals surface area contributed by atoms with Crippen LogP contribution < -0.4 is 10.2 Å². The number of pyridine rings is 1. The van der Waals surface area contributed by atoms with E-state index in [0.29, 0.717) is 5.95 Å². The first-order valence-corrected chi connectivity index (χ1v) is 11.4. The third kappa shape index (κ3) is 4.94. The predicted molar refractivity (Wildman–Crippen MR) is 133 cm³/mol. The Morgan fingerprint density at radius 1 is 0.939 bits per heavy atom. The van der Waals surface area contributed by atoms with Crippen molar-refractivity contribution in [2.45, 2.75) is 13.0 Å². The second kappa shape index (κ2) is 9.52. The van der Waals surface area contributed by atoms with E-state index in [0.717, 1.165) is 60.6 Å². The largest absolute Gasteiger partial charge is 0.392 e. The number of rotatable bonds is 6. The van der Waals surface area contributed by atoms with Crippen LogP contribution in [0.25, 0.3) is 22.2 Å². The molecule has 1 aliphatic heterocycles. The van der Waals surface area contributed by atoms with Gasteiger partial charge in [0, 0.05) is 67.4 Å². The highest BCUT2D eigenvalue weighted by atomic mass is 16.3. The third-order valence-corrected chi connectivity index (χ3v) is 5.93. The first kappa shape index (κ1) is 21.3. The SMILES string of the molecule is CC(O)CN1CCN(c2ccc(Nc3ncc4ccnc(-c5ccccc5)c4n3)cc2)CC1. The van der Waals surface area contributed by atoms with Crippen molar-refractivity contribution in [3.8, 4) is 11.3 Å². The van der Waals surface area contributed by atoms with Crippen LogP contribution >= 0.6 is 0 Å². The Bertz CT molecular complexity index is 1200. The Kier molecular flexibility index (Phi) is 6.15. The van der Waals surface area contributed by atoms with E-state index in [2.05, 4.69) is 49.4 Å². The van der Waals surface area contributed by atoms with Crippen LogP contribution in [0.5, 0.6) is 0 Å². The molecule has 4 aromatic rings. The van der Waals surface area contributed by atoms with E-state index in [9.17, 15) is 5.11 Å². The number of nitrogens with zero attached hydrogens (tertiary/aromatic N) is 5. The molecule has 2 aromatic heterocycles. The minimum atomic E-state index is -0.279. The lowest BCUT2D eigenvalue weighted by Crippen LogP contribution is -2.48. The number of β-amino-alcohol motifs (C(OH)–C–C–N with tert-alkyl or cyclic N) is 1. The average molecular weight is 441 g/mol. The Morgan fingerprint density at radius 2 is 1.70 bits per heavy atom. The molecule has 33 heavy (non-hydrogen) atoms. The van der Waals surface area contributed by atoms with E-state index >= 15 is 0 Å². The highest BCUT2D eigenvalue weighted by Gasteiger charge is 2.18. The summed E-state index contributed by atoms with van der Waals surface area (Å²) in [6.07, 6.45) is 3.35. The molecule has 1 atom stereocenters. The van der Waals surface area contributed by atoms with Crippen LogP contribution in [0, 0.1) is 0 Å². The maximum Gasteiger partial charge on any atom is 0.227 e. The molecule has 2 N–H and O–H groups in total. The van der Waals surface area contributed by atoms with Gasteiger partial charge in [0.15, 0.2) is 0 Å². The van der Waals surface area contributed by atoms with Crippen molar-refractivity contribution in [2.24, 2.45) is 0 Å². The number of fused-ring (bicyclic) bond motifs is 1. The fourth-order valence-electron chi connectivity index (χ4n) is 4.27. The number of nitrogens with one attached hydrogen (secondary N) is 1. The number of anilines is 3. The summed E-state index contributed by atoms with van der Waals surface area (Å²) in [5.74, 6) is 0.548. The number of hydrogen-bond donors (Lipinski definition) is 2. The molecule has 0 bridgehead atoms. The molecule has 1 fully saturated rings. The standard InChI is InChI=1S/C26H28N6O/c1-19(33)18-31-13-15-32(16-14-31)23-9-7-22(8-10-23)29-26-28-17-21-11-12-27-24(25(21)30-26)20-5-3-2-4-6-20/h2-12,17,19,33H,13-16,18H2,1H3,(H,28,29,30). The molecular formula is C26H28N6O. The topological polar surface area (TPSA) is 77.4 Å².